The average molecular weight is 775 g/mol. The standard InChI is InChI=1S/C54H78O3/c1-31-37(22-34-25-40(49(4,5)6)46(55)41(26-34)50(7,8)9)32(2)39(24-36-29-44(53(16,17)18)48(57)45(30-36)54(19,20)21)33(3)38(31)23-35-27-42(51(10,11)12)47(56)43(28-35)52(13,14)15/h25-30,37-39,55-57H,1-3,22-24H2,4-21H3. The summed E-state index contributed by atoms with van der Waals surface area (Å²) in [4.78, 5) is 0. The molecule has 3 heteroatoms. The largest absolute Gasteiger partial charge is 0.507 e. The summed E-state index contributed by atoms with van der Waals surface area (Å²) in [5, 5.41) is 34.8. The fourth-order valence-corrected chi connectivity index (χ4v) is 8.80. The van der Waals surface area contributed by atoms with Gasteiger partial charge in [0, 0.05) is 17.8 Å². The van der Waals surface area contributed by atoms with Gasteiger partial charge in [0.15, 0.2) is 0 Å². The quantitative estimate of drug-likeness (QED) is 0.219. The van der Waals surface area contributed by atoms with Crippen molar-refractivity contribution in [3.8, 4) is 17.2 Å². The fraction of sp³-hybridized carbons (Fsp3) is 0.556. The highest BCUT2D eigenvalue weighted by molar-refractivity contribution is 5.54. The van der Waals surface area contributed by atoms with Crippen molar-refractivity contribution in [2.45, 2.75) is 176 Å². The van der Waals surface area contributed by atoms with Crippen molar-refractivity contribution in [3.63, 3.8) is 0 Å². The third-order valence-corrected chi connectivity index (χ3v) is 12.4. The number of benzene rings is 3. The Morgan fingerprint density at radius 3 is 0.596 bits per heavy atom. The first-order valence-corrected chi connectivity index (χ1v) is 21.2. The van der Waals surface area contributed by atoms with Gasteiger partial charge in [-0.3, -0.25) is 0 Å². The molecule has 57 heavy (non-hydrogen) atoms. The zero-order valence-electron chi connectivity index (χ0n) is 39.3. The van der Waals surface area contributed by atoms with E-state index < -0.39 is 0 Å². The molecule has 1 aliphatic rings. The molecule has 3 N–H and O–H groups in total. The van der Waals surface area contributed by atoms with E-state index in [-0.39, 0.29) is 50.2 Å². The van der Waals surface area contributed by atoms with Crippen molar-refractivity contribution in [2.75, 3.05) is 0 Å². The molecule has 1 aliphatic carbocycles. The van der Waals surface area contributed by atoms with Gasteiger partial charge in [-0.1, -0.05) is 197 Å². The van der Waals surface area contributed by atoms with Crippen LogP contribution in [0.3, 0.4) is 0 Å². The van der Waals surface area contributed by atoms with E-state index in [0.29, 0.717) is 17.2 Å². The van der Waals surface area contributed by atoms with Gasteiger partial charge in [-0.15, -0.1) is 0 Å². The van der Waals surface area contributed by atoms with Gasteiger partial charge >= 0.3 is 0 Å². The highest BCUT2D eigenvalue weighted by Gasteiger charge is 2.40. The summed E-state index contributed by atoms with van der Waals surface area (Å²) in [6.07, 6.45) is 2.16. The van der Waals surface area contributed by atoms with Crippen LogP contribution >= 0.6 is 0 Å². The second kappa shape index (κ2) is 15.1. The van der Waals surface area contributed by atoms with E-state index in [9.17, 15) is 15.3 Å². The normalized spacial score (nSPS) is 19.1. The average Bonchev–Trinajstić information content (AvgIpc) is 3.02. The molecule has 312 valence electrons. The number of phenols is 3. The van der Waals surface area contributed by atoms with Gasteiger partial charge in [-0.25, -0.2) is 0 Å². The summed E-state index contributed by atoms with van der Waals surface area (Å²) in [5.74, 6) is 1.07. The van der Waals surface area contributed by atoms with Gasteiger partial charge < -0.3 is 15.3 Å². The second-order valence-corrected chi connectivity index (χ2v) is 23.6. The third kappa shape index (κ3) is 9.77. The molecule has 1 saturated carbocycles. The van der Waals surface area contributed by atoms with Crippen molar-refractivity contribution in [2.24, 2.45) is 17.8 Å². The third-order valence-electron chi connectivity index (χ3n) is 12.4. The topological polar surface area (TPSA) is 60.7 Å². The fourth-order valence-electron chi connectivity index (χ4n) is 8.80. The number of rotatable bonds is 6. The Kier molecular flexibility index (Phi) is 12.2. The van der Waals surface area contributed by atoms with E-state index in [0.717, 1.165) is 69.4 Å². The summed E-state index contributed by atoms with van der Waals surface area (Å²) >= 11 is 0. The molecule has 0 unspecified atom stereocenters. The van der Waals surface area contributed by atoms with Crippen LogP contribution in [0.4, 0.5) is 0 Å². The molecule has 0 bridgehead atoms. The van der Waals surface area contributed by atoms with E-state index >= 15 is 0 Å². The summed E-state index contributed by atoms with van der Waals surface area (Å²) in [7, 11) is 0. The number of aromatic hydroxyl groups is 3. The first-order chi connectivity index (χ1) is 25.5. The molecule has 0 amide bonds. The minimum absolute atomic E-state index is 0.0294. The van der Waals surface area contributed by atoms with Crippen molar-refractivity contribution in [3.05, 3.63) is 123 Å². The Balaban J connectivity index is 1.96. The molecule has 3 aromatic rings. The summed E-state index contributed by atoms with van der Waals surface area (Å²) in [6, 6.07) is 13.2. The molecule has 1 fully saturated rings. The monoisotopic (exact) mass is 775 g/mol. The van der Waals surface area contributed by atoms with Gasteiger partial charge in [0.05, 0.1) is 0 Å². The molecule has 0 aliphatic heterocycles. The molecule has 0 aromatic heterocycles. The number of phenolic OH excluding ortho intramolecular Hbond substituents is 3. The Bertz CT molecular complexity index is 1680. The molecular formula is C54H78O3. The molecule has 0 saturated heterocycles. The van der Waals surface area contributed by atoms with Crippen LogP contribution in [0.5, 0.6) is 17.2 Å². The number of hydrogen-bond donors (Lipinski definition) is 3. The van der Waals surface area contributed by atoms with Crippen LogP contribution in [0.25, 0.3) is 0 Å². The number of allylic oxidation sites excluding steroid dienone is 3. The first kappa shape index (κ1) is 46.0. The maximum atomic E-state index is 11.6. The van der Waals surface area contributed by atoms with Gasteiger partial charge in [0.1, 0.15) is 17.2 Å². The van der Waals surface area contributed by atoms with Crippen LogP contribution < -0.4 is 0 Å². The van der Waals surface area contributed by atoms with Crippen molar-refractivity contribution < 1.29 is 15.3 Å². The van der Waals surface area contributed by atoms with E-state index in [1.54, 1.807) is 0 Å². The lowest BCUT2D eigenvalue weighted by Gasteiger charge is -2.42. The molecule has 4 rings (SSSR count). The lowest BCUT2D eigenvalue weighted by Crippen LogP contribution is -2.33. The summed E-state index contributed by atoms with van der Waals surface area (Å²) in [5.41, 5.74) is 11.1. The zero-order chi connectivity index (χ0) is 43.8. The SMILES string of the molecule is C=C1C(Cc2cc(C(C)(C)C)c(O)c(C(C)(C)C)c2)C(=C)C(Cc2cc(C(C)(C)C)c(O)c(C(C)(C)C)c2)C(=C)C1Cc1cc(C(C)(C)C)c(O)c(C(C)(C)C)c1. The van der Waals surface area contributed by atoms with E-state index in [4.69, 9.17) is 19.7 Å². The Morgan fingerprint density at radius 1 is 0.333 bits per heavy atom. The van der Waals surface area contributed by atoms with Gasteiger partial charge in [0.25, 0.3) is 0 Å². The van der Waals surface area contributed by atoms with Crippen molar-refractivity contribution in [1.82, 2.24) is 0 Å². The highest BCUT2D eigenvalue weighted by Crippen LogP contribution is 2.50. The molecule has 0 atom stereocenters. The minimum atomic E-state index is -0.247. The maximum Gasteiger partial charge on any atom is 0.123 e. The smallest absolute Gasteiger partial charge is 0.123 e. The second-order valence-electron chi connectivity index (χ2n) is 23.6. The Hall–Kier alpha value is -3.72. The van der Waals surface area contributed by atoms with E-state index in [1.165, 1.54) is 16.7 Å². The van der Waals surface area contributed by atoms with Crippen LogP contribution in [-0.2, 0) is 51.8 Å². The summed E-state index contributed by atoms with van der Waals surface area (Å²) in [6.45, 7) is 53.6. The predicted molar refractivity (Wildman–Crippen MR) is 246 cm³/mol. The van der Waals surface area contributed by atoms with Gasteiger partial charge in [-0.2, -0.15) is 0 Å². The van der Waals surface area contributed by atoms with Crippen molar-refractivity contribution in [1.29, 1.82) is 0 Å². The van der Waals surface area contributed by atoms with Crippen LogP contribution in [0.2, 0.25) is 0 Å². The lowest BCUT2D eigenvalue weighted by atomic mass is 9.62. The zero-order valence-corrected chi connectivity index (χ0v) is 39.3. The van der Waals surface area contributed by atoms with Crippen LogP contribution in [-0.4, -0.2) is 15.3 Å². The van der Waals surface area contributed by atoms with Gasteiger partial charge in [0.2, 0.25) is 0 Å². The minimum Gasteiger partial charge on any atom is -0.507 e. The number of hydrogen-bond acceptors (Lipinski definition) is 3. The van der Waals surface area contributed by atoms with Crippen LogP contribution in [0.1, 0.15) is 175 Å². The Morgan fingerprint density at radius 2 is 0.474 bits per heavy atom. The highest BCUT2D eigenvalue weighted by atomic mass is 16.3. The van der Waals surface area contributed by atoms with E-state index in [2.05, 4.69) is 161 Å². The molecule has 3 nitrogen and oxygen atoms in total. The molecule has 0 spiro atoms. The molecular weight excluding hydrogens is 697 g/mol. The van der Waals surface area contributed by atoms with E-state index in [1.807, 2.05) is 0 Å². The molecule has 0 heterocycles. The molecule has 3 aromatic carbocycles. The molecule has 0 radical (unpaired) electrons. The van der Waals surface area contributed by atoms with Gasteiger partial charge in [-0.05, 0) is 102 Å². The van der Waals surface area contributed by atoms with Crippen LogP contribution in [0, 0.1) is 17.8 Å². The first-order valence-electron chi connectivity index (χ1n) is 21.2. The van der Waals surface area contributed by atoms with Crippen molar-refractivity contribution >= 4 is 0 Å². The Labute approximate surface area is 348 Å². The predicted octanol–water partition coefficient (Wildman–Crippen LogP) is 14.1. The van der Waals surface area contributed by atoms with Crippen LogP contribution in [0.15, 0.2) is 72.9 Å². The summed E-state index contributed by atoms with van der Waals surface area (Å²) < 4.78 is 0. The maximum absolute atomic E-state index is 11.6. The lowest BCUT2D eigenvalue weighted by molar-refractivity contribution is 0.419.